The summed E-state index contributed by atoms with van der Waals surface area (Å²) in [5, 5.41) is 9.24. The molecule has 1 aromatic carbocycles. The SMILES string of the molecule is O=C(O)C1CCN(c2nc(CCC(F)(F)F)cnc2-c2ccc3c(c2)CCO3)CC1. The minimum atomic E-state index is -4.26. The third-order valence-corrected chi connectivity index (χ3v) is 5.58. The third kappa shape index (κ3) is 4.49. The number of ether oxygens (including phenoxy) is 1. The lowest BCUT2D eigenvalue weighted by Crippen LogP contribution is -2.37. The number of fused-ring (bicyclic) bond motifs is 1. The molecule has 2 aromatic rings. The predicted octanol–water partition coefficient (Wildman–Crippen LogP) is 3.87. The average Bonchev–Trinajstić information content (AvgIpc) is 3.19. The average molecular weight is 421 g/mol. The van der Waals surface area contributed by atoms with Crippen LogP contribution in [0.3, 0.4) is 0 Å². The highest BCUT2D eigenvalue weighted by Crippen LogP contribution is 2.35. The molecule has 9 heteroatoms. The van der Waals surface area contributed by atoms with E-state index in [2.05, 4.69) is 9.97 Å². The molecule has 0 atom stereocenters. The van der Waals surface area contributed by atoms with Gasteiger partial charge in [-0.2, -0.15) is 13.2 Å². The van der Waals surface area contributed by atoms with Gasteiger partial charge in [0.2, 0.25) is 0 Å². The molecule has 2 aliphatic heterocycles. The van der Waals surface area contributed by atoms with Gasteiger partial charge in [-0.3, -0.25) is 9.78 Å². The maximum atomic E-state index is 12.7. The fourth-order valence-corrected chi connectivity index (χ4v) is 3.90. The largest absolute Gasteiger partial charge is 0.493 e. The molecule has 0 amide bonds. The van der Waals surface area contributed by atoms with Crippen molar-refractivity contribution in [1.29, 1.82) is 0 Å². The van der Waals surface area contributed by atoms with Crippen molar-refractivity contribution < 1.29 is 27.8 Å². The molecule has 6 nitrogen and oxygen atoms in total. The van der Waals surface area contributed by atoms with E-state index >= 15 is 0 Å². The Kier molecular flexibility index (Phi) is 5.53. The maximum absolute atomic E-state index is 12.7. The van der Waals surface area contributed by atoms with Gasteiger partial charge in [-0.15, -0.1) is 0 Å². The molecule has 0 saturated carbocycles. The number of benzene rings is 1. The highest BCUT2D eigenvalue weighted by Gasteiger charge is 2.29. The van der Waals surface area contributed by atoms with Crippen molar-refractivity contribution >= 4 is 11.8 Å². The molecule has 1 saturated heterocycles. The van der Waals surface area contributed by atoms with Crippen LogP contribution in [0.4, 0.5) is 19.0 Å². The number of hydrogen-bond acceptors (Lipinski definition) is 5. The lowest BCUT2D eigenvalue weighted by molar-refractivity contribution is -0.142. The number of aryl methyl sites for hydroxylation is 1. The van der Waals surface area contributed by atoms with Crippen molar-refractivity contribution in [3.05, 3.63) is 35.7 Å². The minimum Gasteiger partial charge on any atom is -0.493 e. The van der Waals surface area contributed by atoms with Crippen LogP contribution < -0.4 is 9.64 Å². The first kappa shape index (κ1) is 20.4. The molecule has 2 aliphatic rings. The number of carbonyl (C=O) groups is 1. The topological polar surface area (TPSA) is 75.5 Å². The summed E-state index contributed by atoms with van der Waals surface area (Å²) in [5.74, 6) is 0.108. The quantitative estimate of drug-likeness (QED) is 0.790. The number of hydrogen-bond donors (Lipinski definition) is 1. The number of anilines is 1. The molecular formula is C21H22F3N3O3. The van der Waals surface area contributed by atoms with Crippen molar-refractivity contribution in [1.82, 2.24) is 9.97 Å². The summed E-state index contributed by atoms with van der Waals surface area (Å²) in [7, 11) is 0. The number of carboxylic acids is 1. The Bertz CT molecular complexity index is 941. The Morgan fingerprint density at radius 3 is 2.73 bits per heavy atom. The summed E-state index contributed by atoms with van der Waals surface area (Å²) < 4.78 is 43.5. The molecule has 3 heterocycles. The molecule has 0 spiro atoms. The first-order chi connectivity index (χ1) is 14.3. The van der Waals surface area contributed by atoms with Crippen molar-refractivity contribution in [2.75, 3.05) is 24.6 Å². The van der Waals surface area contributed by atoms with Crippen molar-refractivity contribution in [2.45, 2.75) is 38.3 Å². The number of aliphatic carboxylic acids is 1. The van der Waals surface area contributed by atoms with Crippen LogP contribution in [0, 0.1) is 5.92 Å². The van der Waals surface area contributed by atoms with Crippen LogP contribution in [-0.2, 0) is 17.6 Å². The Morgan fingerprint density at radius 1 is 1.27 bits per heavy atom. The van der Waals surface area contributed by atoms with E-state index in [1.54, 1.807) is 0 Å². The number of halogens is 3. The molecule has 0 radical (unpaired) electrons. The highest BCUT2D eigenvalue weighted by molar-refractivity contribution is 5.74. The van der Waals surface area contributed by atoms with Crippen LogP contribution in [0.1, 0.15) is 30.5 Å². The van der Waals surface area contributed by atoms with Gasteiger partial charge in [-0.05, 0) is 43.0 Å². The number of nitrogens with zero attached hydrogens (tertiary/aromatic N) is 3. The smallest absolute Gasteiger partial charge is 0.389 e. The van der Waals surface area contributed by atoms with Gasteiger partial charge in [-0.1, -0.05) is 0 Å². The summed E-state index contributed by atoms with van der Waals surface area (Å²) in [6, 6.07) is 5.73. The molecule has 1 aromatic heterocycles. The second-order valence-corrected chi connectivity index (χ2v) is 7.67. The molecule has 1 N–H and O–H groups in total. The number of carboxylic acid groups (broad SMARTS) is 1. The van der Waals surface area contributed by atoms with Gasteiger partial charge in [-0.25, -0.2) is 4.98 Å². The fraction of sp³-hybridized carbons (Fsp3) is 0.476. The number of alkyl halides is 3. The number of rotatable bonds is 5. The second-order valence-electron chi connectivity index (χ2n) is 7.67. The first-order valence-corrected chi connectivity index (χ1v) is 9.97. The van der Waals surface area contributed by atoms with Gasteiger partial charge in [0, 0.05) is 37.7 Å². The Labute approximate surface area is 171 Å². The minimum absolute atomic E-state index is 0.243. The normalized spacial score (nSPS) is 17.0. The Balaban J connectivity index is 1.66. The fourth-order valence-electron chi connectivity index (χ4n) is 3.90. The zero-order valence-electron chi connectivity index (χ0n) is 16.3. The second kappa shape index (κ2) is 8.12. The highest BCUT2D eigenvalue weighted by atomic mass is 19.4. The van der Waals surface area contributed by atoms with E-state index in [4.69, 9.17) is 4.74 Å². The van der Waals surface area contributed by atoms with Crippen molar-refractivity contribution in [3.8, 4) is 17.0 Å². The van der Waals surface area contributed by atoms with E-state index in [0.29, 0.717) is 44.0 Å². The molecule has 160 valence electrons. The maximum Gasteiger partial charge on any atom is 0.389 e. The van der Waals surface area contributed by atoms with E-state index in [1.807, 2.05) is 23.1 Å². The van der Waals surface area contributed by atoms with Crippen molar-refractivity contribution in [2.24, 2.45) is 5.92 Å². The van der Waals surface area contributed by atoms with Crippen LogP contribution in [0.15, 0.2) is 24.4 Å². The lowest BCUT2D eigenvalue weighted by Gasteiger charge is -2.32. The Hall–Kier alpha value is -2.84. The van der Waals surface area contributed by atoms with Crippen LogP contribution >= 0.6 is 0 Å². The van der Waals surface area contributed by atoms with Gasteiger partial charge in [0.25, 0.3) is 0 Å². The van der Waals surface area contributed by atoms with Crippen LogP contribution in [0.25, 0.3) is 11.3 Å². The molecular weight excluding hydrogens is 399 g/mol. The Morgan fingerprint density at radius 2 is 2.03 bits per heavy atom. The van der Waals surface area contributed by atoms with Crippen molar-refractivity contribution in [3.63, 3.8) is 0 Å². The summed E-state index contributed by atoms with van der Waals surface area (Å²) in [6.07, 6.45) is -2.36. The van der Waals surface area contributed by atoms with Crippen LogP contribution in [-0.4, -0.2) is 46.9 Å². The van der Waals surface area contributed by atoms with E-state index in [9.17, 15) is 23.1 Å². The molecule has 0 aliphatic carbocycles. The van der Waals surface area contributed by atoms with E-state index in [0.717, 1.165) is 23.3 Å². The standard InChI is InChI=1S/C21H22F3N3O3/c22-21(23,24)7-3-16-12-25-18(15-1-2-17-14(11-15)6-10-30-17)19(26-16)27-8-4-13(5-9-27)20(28)29/h1-2,11-13H,3-10H2,(H,28,29). The van der Waals surface area contributed by atoms with Gasteiger partial charge in [0.15, 0.2) is 5.82 Å². The zero-order valence-corrected chi connectivity index (χ0v) is 16.3. The van der Waals surface area contributed by atoms with E-state index < -0.39 is 24.5 Å². The van der Waals surface area contributed by atoms with Gasteiger partial charge < -0.3 is 14.7 Å². The number of piperidine rings is 1. The summed E-state index contributed by atoms with van der Waals surface area (Å²) >= 11 is 0. The lowest BCUT2D eigenvalue weighted by atomic mass is 9.96. The molecule has 1 fully saturated rings. The summed E-state index contributed by atoms with van der Waals surface area (Å²) in [5.41, 5.74) is 2.75. The third-order valence-electron chi connectivity index (χ3n) is 5.58. The molecule has 30 heavy (non-hydrogen) atoms. The van der Waals surface area contributed by atoms with Gasteiger partial charge in [0.05, 0.1) is 18.2 Å². The summed E-state index contributed by atoms with van der Waals surface area (Å²) in [6.45, 7) is 1.56. The van der Waals surface area contributed by atoms with Crippen LogP contribution in [0.5, 0.6) is 5.75 Å². The predicted molar refractivity (Wildman–Crippen MR) is 104 cm³/mol. The molecule has 0 unspecified atom stereocenters. The van der Waals surface area contributed by atoms with Gasteiger partial charge in [0.1, 0.15) is 11.4 Å². The van der Waals surface area contributed by atoms with Crippen LogP contribution in [0.2, 0.25) is 0 Å². The molecule has 4 rings (SSSR count). The first-order valence-electron chi connectivity index (χ1n) is 9.97. The van der Waals surface area contributed by atoms with E-state index in [-0.39, 0.29) is 12.1 Å². The van der Waals surface area contributed by atoms with Gasteiger partial charge >= 0.3 is 12.1 Å². The zero-order chi connectivity index (χ0) is 21.3. The monoisotopic (exact) mass is 421 g/mol. The van der Waals surface area contributed by atoms with E-state index in [1.165, 1.54) is 6.20 Å². The summed E-state index contributed by atoms with van der Waals surface area (Å²) in [4.78, 5) is 22.2. The molecule has 0 bridgehead atoms. The number of aromatic nitrogens is 2.